The first kappa shape index (κ1) is 17.6. The fourth-order valence-electron chi connectivity index (χ4n) is 4.55. The van der Waals surface area contributed by atoms with Crippen molar-refractivity contribution in [3.63, 3.8) is 0 Å². The highest BCUT2D eigenvalue weighted by Crippen LogP contribution is 2.39. The Kier molecular flexibility index (Phi) is 3.68. The second kappa shape index (κ2) is 6.70. The van der Waals surface area contributed by atoms with E-state index in [0.717, 1.165) is 38.9 Å². The Morgan fingerprint density at radius 3 is 2.50 bits per heavy atom. The number of nitrogens with zero attached hydrogens (tertiary/aromatic N) is 4. The van der Waals surface area contributed by atoms with Crippen LogP contribution < -0.4 is 0 Å². The molecule has 0 aliphatic rings. The van der Waals surface area contributed by atoms with Gasteiger partial charge in [-0.1, -0.05) is 24.3 Å². The van der Waals surface area contributed by atoms with E-state index in [4.69, 9.17) is 9.97 Å². The molecule has 0 saturated heterocycles. The Balaban J connectivity index is 1.57. The lowest BCUT2D eigenvalue weighted by Gasteiger charge is -2.09. The van der Waals surface area contributed by atoms with Gasteiger partial charge in [0.15, 0.2) is 0 Å². The maximum absolute atomic E-state index is 4.75. The largest absolute Gasteiger partial charge is 0.292 e. The molecule has 7 rings (SSSR count). The smallest absolute Gasteiger partial charge is 0.138 e. The van der Waals surface area contributed by atoms with Crippen LogP contribution in [0, 0.1) is 0 Å². The van der Waals surface area contributed by atoms with E-state index in [-0.39, 0.29) is 0 Å². The van der Waals surface area contributed by atoms with Gasteiger partial charge in [-0.15, -0.1) is 11.3 Å². The van der Waals surface area contributed by atoms with Gasteiger partial charge in [0.05, 0.1) is 16.6 Å². The number of hydrogen-bond acceptors (Lipinski definition) is 4. The molecule has 5 aromatic heterocycles. The van der Waals surface area contributed by atoms with Crippen molar-refractivity contribution in [2.75, 3.05) is 0 Å². The molecule has 0 atom stereocenters. The third-order valence-corrected chi connectivity index (χ3v) is 7.12. The van der Waals surface area contributed by atoms with Gasteiger partial charge in [-0.2, -0.15) is 0 Å². The molecule has 0 N–H and O–H groups in total. The number of rotatable bonds is 2. The van der Waals surface area contributed by atoms with Crippen molar-refractivity contribution >= 4 is 53.4 Å². The van der Waals surface area contributed by atoms with Crippen LogP contribution in [-0.4, -0.2) is 19.5 Å². The third-order valence-electron chi connectivity index (χ3n) is 5.99. The van der Waals surface area contributed by atoms with E-state index < -0.39 is 0 Å². The zero-order chi connectivity index (χ0) is 21.1. The van der Waals surface area contributed by atoms with Gasteiger partial charge in [-0.3, -0.25) is 14.5 Å². The van der Waals surface area contributed by atoms with Crippen molar-refractivity contribution < 1.29 is 0 Å². The van der Waals surface area contributed by atoms with Crippen molar-refractivity contribution in [2.45, 2.75) is 0 Å². The first-order valence-corrected chi connectivity index (χ1v) is 11.3. The van der Waals surface area contributed by atoms with Crippen LogP contribution in [-0.2, 0) is 0 Å². The first-order valence-electron chi connectivity index (χ1n) is 10.4. The van der Waals surface area contributed by atoms with E-state index in [1.165, 1.54) is 20.2 Å². The molecule has 7 aromatic rings. The minimum absolute atomic E-state index is 0.875. The minimum Gasteiger partial charge on any atom is -0.292 e. The molecule has 150 valence electrons. The zero-order valence-electron chi connectivity index (χ0n) is 16.9. The SMILES string of the molecule is c1cncc(-c2ccnc(-n3c4cc5sc6ccccc6c5cc4c4ncccc43)c2)c1. The monoisotopic (exact) mass is 428 g/mol. The highest BCUT2D eigenvalue weighted by atomic mass is 32.1. The van der Waals surface area contributed by atoms with Crippen molar-refractivity contribution in [1.29, 1.82) is 0 Å². The molecule has 0 bridgehead atoms. The lowest BCUT2D eigenvalue weighted by atomic mass is 10.1. The molecule has 2 aromatic carbocycles. The number of thiophene rings is 1. The molecular weight excluding hydrogens is 412 g/mol. The van der Waals surface area contributed by atoms with Gasteiger partial charge in [0.1, 0.15) is 5.82 Å². The van der Waals surface area contributed by atoms with Crippen LogP contribution in [0.4, 0.5) is 0 Å². The Hall–Kier alpha value is -4.09. The van der Waals surface area contributed by atoms with E-state index in [2.05, 4.69) is 64.1 Å². The highest BCUT2D eigenvalue weighted by molar-refractivity contribution is 7.25. The summed E-state index contributed by atoms with van der Waals surface area (Å²) in [6.07, 6.45) is 7.40. The standard InChI is InChI=1S/C27H16N4S/c1-2-8-24-19(6-1)20-14-21-23(15-25(20)32-24)31(22-7-4-11-30-27(21)22)26-13-17(9-12-29-26)18-5-3-10-28-16-18/h1-16H. The van der Waals surface area contributed by atoms with Crippen LogP contribution >= 0.6 is 11.3 Å². The third kappa shape index (κ3) is 2.52. The van der Waals surface area contributed by atoms with E-state index in [1.807, 2.05) is 48.1 Å². The lowest BCUT2D eigenvalue weighted by Crippen LogP contribution is -1.97. The summed E-state index contributed by atoms with van der Waals surface area (Å²) in [6.45, 7) is 0. The molecule has 0 saturated carbocycles. The van der Waals surface area contributed by atoms with Crippen molar-refractivity contribution in [1.82, 2.24) is 19.5 Å². The van der Waals surface area contributed by atoms with Gasteiger partial charge in [0, 0.05) is 55.9 Å². The maximum Gasteiger partial charge on any atom is 0.138 e. The molecule has 0 aliphatic carbocycles. The van der Waals surface area contributed by atoms with Crippen LogP contribution in [0.2, 0.25) is 0 Å². The Labute approximate surface area is 187 Å². The molecule has 0 aliphatic heterocycles. The summed E-state index contributed by atoms with van der Waals surface area (Å²) in [7, 11) is 0. The number of fused-ring (bicyclic) bond motifs is 6. The first-order chi connectivity index (χ1) is 15.9. The van der Waals surface area contributed by atoms with Crippen LogP contribution in [0.15, 0.2) is 97.6 Å². The average Bonchev–Trinajstić information content (AvgIpc) is 3.38. The predicted molar refractivity (Wildman–Crippen MR) is 132 cm³/mol. The van der Waals surface area contributed by atoms with Gasteiger partial charge in [0.2, 0.25) is 0 Å². The Bertz CT molecular complexity index is 1780. The van der Waals surface area contributed by atoms with Crippen molar-refractivity contribution in [3.05, 3.63) is 97.6 Å². The van der Waals surface area contributed by atoms with E-state index in [9.17, 15) is 0 Å². The van der Waals surface area contributed by atoms with Gasteiger partial charge < -0.3 is 0 Å². The summed E-state index contributed by atoms with van der Waals surface area (Å²) in [6, 6.07) is 25.5. The fraction of sp³-hybridized carbons (Fsp3) is 0. The molecule has 0 spiro atoms. The van der Waals surface area contributed by atoms with E-state index in [1.54, 1.807) is 6.20 Å². The number of hydrogen-bond donors (Lipinski definition) is 0. The normalized spacial score (nSPS) is 11.8. The van der Waals surface area contributed by atoms with E-state index in [0.29, 0.717) is 0 Å². The molecule has 5 heterocycles. The van der Waals surface area contributed by atoms with Crippen LogP contribution in [0.1, 0.15) is 0 Å². The fourth-order valence-corrected chi connectivity index (χ4v) is 5.67. The van der Waals surface area contributed by atoms with Crippen LogP contribution in [0.3, 0.4) is 0 Å². The predicted octanol–water partition coefficient (Wildman–Crippen LogP) is 7.00. The number of benzene rings is 2. The highest BCUT2D eigenvalue weighted by Gasteiger charge is 2.17. The quantitative estimate of drug-likeness (QED) is 0.298. The molecule has 0 amide bonds. The molecule has 0 radical (unpaired) electrons. The summed E-state index contributed by atoms with van der Waals surface area (Å²) < 4.78 is 4.79. The lowest BCUT2D eigenvalue weighted by molar-refractivity contribution is 1.08. The zero-order valence-corrected chi connectivity index (χ0v) is 17.8. The summed E-state index contributed by atoms with van der Waals surface area (Å²) in [5.74, 6) is 0.875. The Morgan fingerprint density at radius 2 is 1.56 bits per heavy atom. The second-order valence-corrected chi connectivity index (χ2v) is 8.90. The van der Waals surface area contributed by atoms with Crippen LogP contribution in [0.5, 0.6) is 0 Å². The van der Waals surface area contributed by atoms with Crippen molar-refractivity contribution in [3.8, 4) is 16.9 Å². The molecule has 0 fully saturated rings. The second-order valence-electron chi connectivity index (χ2n) is 7.81. The van der Waals surface area contributed by atoms with Gasteiger partial charge in [0.25, 0.3) is 0 Å². The number of aromatic nitrogens is 4. The van der Waals surface area contributed by atoms with Crippen molar-refractivity contribution in [2.24, 2.45) is 0 Å². The topological polar surface area (TPSA) is 43.6 Å². The summed E-state index contributed by atoms with van der Waals surface area (Å²) in [5, 5.41) is 3.72. The molecule has 4 nitrogen and oxygen atoms in total. The summed E-state index contributed by atoms with van der Waals surface area (Å²) in [5.41, 5.74) is 5.33. The summed E-state index contributed by atoms with van der Waals surface area (Å²) >= 11 is 1.83. The Morgan fingerprint density at radius 1 is 0.625 bits per heavy atom. The van der Waals surface area contributed by atoms with Gasteiger partial charge in [-0.05, 0) is 54.1 Å². The minimum atomic E-state index is 0.875. The average molecular weight is 429 g/mol. The van der Waals surface area contributed by atoms with Gasteiger partial charge in [-0.25, -0.2) is 4.98 Å². The molecule has 0 unspecified atom stereocenters. The summed E-state index contributed by atoms with van der Waals surface area (Å²) in [4.78, 5) is 13.8. The molecular formula is C27H16N4S. The number of pyridine rings is 3. The molecule has 32 heavy (non-hydrogen) atoms. The van der Waals surface area contributed by atoms with E-state index >= 15 is 0 Å². The van der Waals surface area contributed by atoms with Gasteiger partial charge >= 0.3 is 0 Å². The molecule has 5 heteroatoms. The van der Waals surface area contributed by atoms with Crippen LogP contribution in [0.25, 0.3) is 59.1 Å². The maximum atomic E-state index is 4.75.